The van der Waals surface area contributed by atoms with Crippen LogP contribution in [0.25, 0.3) is 10.9 Å². The third-order valence-electron chi connectivity index (χ3n) is 7.99. The lowest BCUT2D eigenvalue weighted by Crippen LogP contribution is -2.57. The lowest BCUT2D eigenvalue weighted by molar-refractivity contribution is -0.143. The Morgan fingerprint density at radius 3 is 2.39 bits per heavy atom. The molecule has 0 amide bonds. The Labute approximate surface area is 238 Å². The van der Waals surface area contributed by atoms with Crippen molar-refractivity contribution >= 4 is 33.9 Å². The minimum Gasteiger partial charge on any atom is -0.497 e. The zero-order valence-electron chi connectivity index (χ0n) is 22.0. The first-order valence-electron chi connectivity index (χ1n) is 13.0. The summed E-state index contributed by atoms with van der Waals surface area (Å²) in [4.78, 5) is 6.80. The fraction of sp³-hybridized carbons (Fsp3) is 0.379. The van der Waals surface area contributed by atoms with E-state index in [0.717, 1.165) is 36.9 Å². The molecule has 3 saturated heterocycles. The molecule has 1 unspecified atom stereocenters. The van der Waals surface area contributed by atoms with E-state index in [4.69, 9.17) is 17.0 Å². The van der Waals surface area contributed by atoms with Gasteiger partial charge in [-0.2, -0.15) is 26.3 Å². The fourth-order valence-electron chi connectivity index (χ4n) is 5.99. The van der Waals surface area contributed by atoms with Crippen LogP contribution in [0.15, 0.2) is 61.3 Å². The van der Waals surface area contributed by atoms with E-state index in [9.17, 15) is 26.3 Å². The molecule has 0 aliphatic carbocycles. The number of thiocarbonyl (C=S) groups is 1. The summed E-state index contributed by atoms with van der Waals surface area (Å²) in [6.07, 6.45) is -4.48. The smallest absolute Gasteiger partial charge is 0.416 e. The van der Waals surface area contributed by atoms with Gasteiger partial charge in [0.25, 0.3) is 0 Å². The van der Waals surface area contributed by atoms with E-state index in [1.807, 2.05) is 24.3 Å². The SMILES string of the molecule is C=C[C@@H]1CN2CC[C@H]1C[C@H]2[C@@H](NC(=S)Nc1cc(C(F)(F)F)cc(C(F)(F)F)c1)c1ccnc2ccc(OC)cc12. The van der Waals surface area contributed by atoms with Crippen LogP contribution in [-0.2, 0) is 12.4 Å². The monoisotopic (exact) mass is 594 g/mol. The number of hydrogen-bond acceptors (Lipinski definition) is 4. The largest absolute Gasteiger partial charge is 0.497 e. The Morgan fingerprint density at radius 1 is 1.10 bits per heavy atom. The minimum atomic E-state index is -4.97. The number of methoxy groups -OCH3 is 1. The number of anilines is 1. The zero-order chi connectivity index (χ0) is 29.5. The third-order valence-corrected chi connectivity index (χ3v) is 8.21. The molecule has 3 aromatic rings. The molecule has 41 heavy (non-hydrogen) atoms. The Kier molecular flexibility index (Phi) is 7.90. The number of hydrogen-bond donors (Lipinski definition) is 2. The van der Waals surface area contributed by atoms with Gasteiger partial charge in [-0.25, -0.2) is 0 Å². The van der Waals surface area contributed by atoms with Gasteiger partial charge in [0.1, 0.15) is 5.75 Å². The van der Waals surface area contributed by atoms with Gasteiger partial charge in [-0.1, -0.05) is 6.08 Å². The topological polar surface area (TPSA) is 49.4 Å². The molecule has 5 atom stereocenters. The number of fused-ring (bicyclic) bond motifs is 4. The molecule has 5 nitrogen and oxygen atoms in total. The number of nitrogens with zero attached hydrogens (tertiary/aromatic N) is 2. The van der Waals surface area contributed by atoms with Crippen molar-refractivity contribution in [1.29, 1.82) is 0 Å². The number of nitrogens with one attached hydrogen (secondary N) is 2. The summed E-state index contributed by atoms with van der Waals surface area (Å²) >= 11 is 5.50. The van der Waals surface area contributed by atoms with E-state index in [2.05, 4.69) is 27.1 Å². The fourth-order valence-corrected chi connectivity index (χ4v) is 6.23. The maximum atomic E-state index is 13.4. The van der Waals surface area contributed by atoms with E-state index in [1.54, 1.807) is 19.4 Å². The van der Waals surface area contributed by atoms with E-state index < -0.39 is 35.2 Å². The standard InChI is InChI=1S/C29H28F6N4OS/c1-3-16-15-39-9-7-17(16)10-25(39)26(22-6-8-36-24-5-4-21(40-2)14-23(22)24)38-27(41)37-20-12-18(28(30,31)32)11-19(13-20)29(33,34)35/h3-6,8,11-14,16-17,25-26H,1,7,9-10,15H2,2H3,(H2,37,38,41)/t16-,17+,25+,26+/m1/s1. The second kappa shape index (κ2) is 11.1. The van der Waals surface area contributed by atoms with Crippen LogP contribution in [0.4, 0.5) is 32.0 Å². The van der Waals surface area contributed by atoms with E-state index in [0.29, 0.717) is 35.2 Å². The number of alkyl halides is 6. The number of halogens is 6. The molecule has 3 aliphatic rings. The number of benzene rings is 2. The van der Waals surface area contributed by atoms with Gasteiger partial charge in [-0.3, -0.25) is 9.88 Å². The van der Waals surface area contributed by atoms with E-state index >= 15 is 0 Å². The predicted molar refractivity (Wildman–Crippen MR) is 149 cm³/mol. The van der Waals surface area contributed by atoms with E-state index in [1.165, 1.54) is 0 Å². The molecule has 12 heteroatoms. The number of ether oxygens (including phenoxy) is 1. The Bertz CT molecular complexity index is 1430. The van der Waals surface area contributed by atoms with Crippen molar-refractivity contribution in [2.24, 2.45) is 11.8 Å². The van der Waals surface area contributed by atoms with Crippen LogP contribution in [0.1, 0.15) is 35.6 Å². The van der Waals surface area contributed by atoms with Crippen LogP contribution in [0.5, 0.6) is 5.75 Å². The van der Waals surface area contributed by atoms with Crippen molar-refractivity contribution in [2.75, 3.05) is 25.5 Å². The normalized spacial score (nSPS) is 23.2. The Hall–Kier alpha value is -3.38. The van der Waals surface area contributed by atoms with Crippen molar-refractivity contribution in [2.45, 2.75) is 37.3 Å². The molecule has 2 bridgehead atoms. The summed E-state index contributed by atoms with van der Waals surface area (Å²) in [5.41, 5.74) is -1.71. The van der Waals surface area contributed by atoms with Gasteiger partial charge in [0.15, 0.2) is 5.11 Å². The maximum absolute atomic E-state index is 13.4. The Balaban J connectivity index is 1.51. The van der Waals surface area contributed by atoms with Crippen molar-refractivity contribution in [3.05, 3.63) is 78.0 Å². The second-order valence-corrected chi connectivity index (χ2v) is 10.8. The molecule has 3 fully saturated rings. The summed E-state index contributed by atoms with van der Waals surface area (Å²) in [6.45, 7) is 5.63. The Morgan fingerprint density at radius 2 is 1.80 bits per heavy atom. The van der Waals surface area contributed by atoms with Gasteiger partial charge in [-0.05, 0) is 91.5 Å². The van der Waals surface area contributed by atoms with E-state index in [-0.39, 0.29) is 17.2 Å². The van der Waals surface area contributed by atoms with Gasteiger partial charge >= 0.3 is 12.4 Å². The molecule has 3 aliphatic heterocycles. The third kappa shape index (κ3) is 6.13. The highest BCUT2D eigenvalue weighted by Crippen LogP contribution is 2.43. The lowest BCUT2D eigenvalue weighted by Gasteiger charge is -2.52. The summed E-state index contributed by atoms with van der Waals surface area (Å²) in [5, 5.41) is 6.52. The van der Waals surface area contributed by atoms with Gasteiger partial charge in [0, 0.05) is 29.9 Å². The zero-order valence-corrected chi connectivity index (χ0v) is 22.8. The van der Waals surface area contributed by atoms with Crippen molar-refractivity contribution < 1.29 is 31.1 Å². The quantitative estimate of drug-likeness (QED) is 0.179. The lowest BCUT2D eigenvalue weighted by atomic mass is 9.73. The molecule has 218 valence electrons. The maximum Gasteiger partial charge on any atom is 0.416 e. The highest BCUT2D eigenvalue weighted by atomic mass is 32.1. The molecule has 0 spiro atoms. The first kappa shape index (κ1) is 29.1. The first-order chi connectivity index (χ1) is 19.4. The number of rotatable bonds is 6. The van der Waals surface area contributed by atoms with Crippen LogP contribution < -0.4 is 15.4 Å². The summed E-state index contributed by atoms with van der Waals surface area (Å²) < 4.78 is 86.0. The molecule has 4 heterocycles. The summed E-state index contributed by atoms with van der Waals surface area (Å²) in [5.74, 6) is 1.35. The highest BCUT2D eigenvalue weighted by molar-refractivity contribution is 7.80. The van der Waals surface area contributed by atoms with Gasteiger partial charge in [0.2, 0.25) is 0 Å². The minimum absolute atomic E-state index is 0.0475. The van der Waals surface area contributed by atoms with Crippen LogP contribution in [-0.4, -0.2) is 41.2 Å². The molecule has 6 rings (SSSR count). The molecular formula is C29H28F6N4OS. The van der Waals surface area contributed by atoms with Gasteiger partial charge < -0.3 is 15.4 Å². The summed E-state index contributed by atoms with van der Waals surface area (Å²) in [7, 11) is 1.55. The average molecular weight is 595 g/mol. The van der Waals surface area contributed by atoms with Gasteiger partial charge in [-0.15, -0.1) is 6.58 Å². The molecule has 0 saturated carbocycles. The number of piperidine rings is 3. The van der Waals surface area contributed by atoms with Crippen molar-refractivity contribution in [3.8, 4) is 5.75 Å². The molecule has 2 aromatic carbocycles. The average Bonchev–Trinajstić information content (AvgIpc) is 2.94. The van der Waals surface area contributed by atoms with Crippen LogP contribution >= 0.6 is 12.2 Å². The molecule has 1 aromatic heterocycles. The van der Waals surface area contributed by atoms with Crippen LogP contribution in [0, 0.1) is 11.8 Å². The number of aromatic nitrogens is 1. The molecular weight excluding hydrogens is 566 g/mol. The summed E-state index contributed by atoms with van der Waals surface area (Å²) in [6, 6.07) is 8.15. The highest BCUT2D eigenvalue weighted by Gasteiger charge is 2.43. The molecule has 2 N–H and O–H groups in total. The van der Waals surface area contributed by atoms with Crippen molar-refractivity contribution in [3.63, 3.8) is 0 Å². The molecule has 0 radical (unpaired) electrons. The van der Waals surface area contributed by atoms with Crippen LogP contribution in [0.3, 0.4) is 0 Å². The second-order valence-electron chi connectivity index (χ2n) is 10.4. The first-order valence-corrected chi connectivity index (χ1v) is 13.4. The number of pyridine rings is 1. The van der Waals surface area contributed by atoms with Gasteiger partial charge in [0.05, 0.1) is 29.8 Å². The van der Waals surface area contributed by atoms with Crippen LogP contribution in [0.2, 0.25) is 0 Å². The predicted octanol–water partition coefficient (Wildman–Crippen LogP) is 7.21. The van der Waals surface area contributed by atoms with Crippen molar-refractivity contribution in [1.82, 2.24) is 15.2 Å².